The minimum atomic E-state index is -0.565. The van der Waals surface area contributed by atoms with Crippen LogP contribution >= 0.6 is 24.8 Å². The van der Waals surface area contributed by atoms with Crippen molar-refractivity contribution >= 4 is 74.9 Å². The van der Waals surface area contributed by atoms with Gasteiger partial charge in [0, 0.05) is 19.0 Å². The van der Waals surface area contributed by atoms with Crippen molar-refractivity contribution < 1.29 is 47.6 Å². The number of nitrogens with one attached hydrogen (secondary N) is 2. The smallest absolute Gasteiger partial charge is 0.213 e. The average molecular weight is 865 g/mol. The van der Waals surface area contributed by atoms with Gasteiger partial charge in [-0.25, -0.2) is 15.1 Å². The van der Waals surface area contributed by atoms with Crippen LogP contribution in [0, 0.1) is 17.1 Å². The number of aromatic nitrogens is 4. The number of halogens is 3. The van der Waals surface area contributed by atoms with E-state index >= 15 is 0 Å². The summed E-state index contributed by atoms with van der Waals surface area (Å²) < 4.78 is 48.1. The van der Waals surface area contributed by atoms with E-state index in [0.717, 1.165) is 23.4 Å². The van der Waals surface area contributed by atoms with Crippen LogP contribution in [-0.2, 0) is 38.6 Å². The van der Waals surface area contributed by atoms with Crippen molar-refractivity contribution in [3.8, 4) is 17.2 Å². The quantitative estimate of drug-likeness (QED) is 0.0229. The van der Waals surface area contributed by atoms with Gasteiger partial charge in [0.05, 0.1) is 31.9 Å². The van der Waals surface area contributed by atoms with Gasteiger partial charge in [-0.1, -0.05) is 34.6 Å². The predicted molar refractivity (Wildman–Crippen MR) is 214 cm³/mol. The molecule has 316 valence electrons. The number of benzene rings is 2. The molecule has 2 aromatic heterocycles. The zero-order valence-electron chi connectivity index (χ0n) is 31.2. The predicted octanol–water partition coefficient (Wildman–Crippen LogP) is 0.732. The van der Waals surface area contributed by atoms with Gasteiger partial charge in [0.2, 0.25) is 18.7 Å². The molecule has 23 nitrogen and oxygen atoms in total. The molecule has 2 amide bonds. The van der Waals surface area contributed by atoms with E-state index in [1.807, 2.05) is 24.3 Å². The number of carbonyl (C=O) groups excluding carboxylic acids is 2. The fraction of sp³-hybridized carbons (Fsp3) is 0.290. The second kappa shape index (κ2) is 33.7. The number of carbonyl (C=O) groups is 2. The first-order valence-corrected chi connectivity index (χ1v) is 16.1. The summed E-state index contributed by atoms with van der Waals surface area (Å²) in [7, 11) is 1.06. The van der Waals surface area contributed by atoms with Gasteiger partial charge < -0.3 is 35.4 Å². The summed E-state index contributed by atoms with van der Waals surface area (Å²) in [4.78, 5) is 38.9. The molecular formula is C31H41B2Cl2FN14O9. The molecule has 0 saturated carbocycles. The number of nitrogens with two attached hydrogens (primary N) is 3. The molecule has 4 aromatic rings. The Bertz CT molecular complexity index is 1910. The van der Waals surface area contributed by atoms with E-state index in [-0.39, 0.29) is 62.7 Å². The second-order valence-electron chi connectivity index (χ2n) is 10.4. The van der Waals surface area contributed by atoms with Crippen molar-refractivity contribution in [2.45, 2.75) is 32.7 Å². The van der Waals surface area contributed by atoms with E-state index in [1.165, 1.54) is 30.7 Å². The molecule has 28 heteroatoms. The van der Waals surface area contributed by atoms with Crippen LogP contribution in [0.2, 0.25) is 0 Å². The van der Waals surface area contributed by atoms with Crippen LogP contribution in [0.25, 0.3) is 11.1 Å². The first kappa shape index (κ1) is 54.7. The molecular weight excluding hydrogens is 824 g/mol. The Kier molecular flexibility index (Phi) is 31.3. The summed E-state index contributed by atoms with van der Waals surface area (Å²) in [5.74, 6) is 3.95. The number of ether oxygens (including phenoxy) is 1. The number of rotatable bonds is 14. The van der Waals surface area contributed by atoms with E-state index in [0.29, 0.717) is 56.8 Å². The summed E-state index contributed by atoms with van der Waals surface area (Å²) in [6.07, 6.45) is 3.59. The molecule has 0 unspecified atom stereocenters. The number of hydrogen-bond donors (Lipinski definition) is 7. The van der Waals surface area contributed by atoms with Crippen LogP contribution in [-0.4, -0.2) is 107 Å². The molecule has 2 aromatic carbocycles. The van der Waals surface area contributed by atoms with E-state index in [1.54, 1.807) is 18.2 Å². The number of nitrogens with zero attached hydrogens (tertiary/aromatic N) is 9. The Balaban J connectivity index is 0. The summed E-state index contributed by atoms with van der Waals surface area (Å²) >= 11 is 0. The Morgan fingerprint density at radius 2 is 1.68 bits per heavy atom. The van der Waals surface area contributed by atoms with Gasteiger partial charge in [-0.05, 0) is 29.3 Å². The van der Waals surface area contributed by atoms with Crippen molar-refractivity contribution in [2.24, 2.45) is 32.5 Å². The fourth-order valence-corrected chi connectivity index (χ4v) is 4.03. The van der Waals surface area contributed by atoms with Gasteiger partial charge in [0.1, 0.15) is 11.9 Å². The topological polar surface area (TPSA) is 362 Å². The van der Waals surface area contributed by atoms with Gasteiger partial charge in [-0.15, -0.1) is 24.8 Å². The Morgan fingerprint density at radius 1 is 1.05 bits per heavy atom. The number of nitriles is 1. The van der Waals surface area contributed by atoms with Crippen LogP contribution in [0.5, 0.6) is 0 Å². The molecule has 5 rings (SSSR count). The number of hydrogen-bond acceptors (Lipinski definition) is 20. The summed E-state index contributed by atoms with van der Waals surface area (Å²) in [6.45, 7) is 3.40. The Hall–Kier alpha value is -6.36. The minimum Gasteiger partial charge on any atom is -0.343 e. The molecule has 1 aliphatic heterocycles. The third kappa shape index (κ3) is 22.8. The summed E-state index contributed by atoms with van der Waals surface area (Å²) in [5.41, 5.74) is 12.7. The van der Waals surface area contributed by atoms with Crippen molar-refractivity contribution in [3.63, 3.8) is 0 Å². The van der Waals surface area contributed by atoms with Gasteiger partial charge in [-0.3, -0.25) is 9.69 Å². The van der Waals surface area contributed by atoms with E-state index < -0.39 is 18.0 Å². The normalized spacial score (nSPS) is 12.4. The zero-order valence-corrected chi connectivity index (χ0v) is 32.9. The molecule has 0 radical (unpaired) electrons. The van der Waals surface area contributed by atoms with Gasteiger partial charge in [0.25, 0.3) is 0 Å². The summed E-state index contributed by atoms with van der Waals surface area (Å²) in [6, 6.07) is 13.9. The maximum Gasteiger partial charge on any atom is 0.213 e. The molecule has 1 aliphatic rings. The number of amides is 2. The number of aliphatic imine (C=N–C) groups is 2. The Labute approximate surface area is 349 Å². The van der Waals surface area contributed by atoms with Crippen LogP contribution < -0.4 is 32.9 Å². The molecule has 1 fully saturated rings. The fourth-order valence-electron chi connectivity index (χ4n) is 4.03. The Morgan fingerprint density at radius 3 is 2.19 bits per heavy atom. The molecule has 10 N–H and O–H groups in total. The number of cyclic esters (lactones) is 1. The number of oxime groups is 1. The molecule has 59 heavy (non-hydrogen) atoms. The standard InChI is InChI=1S/C22H22FN5O4.C3H6BN3O2.C3H3BN2O.C3H5N3O.2ClH.H3NO/c1-14(29)25-10-18-12-28(22(30)32-18)17-6-7-19(20(23)8-17)16-4-2-15(3-5-16)9-24-11-21-26-13-31-27-21;5-3(7-9)1-6-2-4-8;5-1-2-6-3-4-7;4-1-3-5-2-7-6-3;;;1-2/h2-8,13,18,24H,9-12H2,1H3,(H,25,29);2,9H,1H2,(H2,5,7);3H,2H2;2H,1,4H2;2*1H;2H,1H2/t18-;;;;;;/m0....../s1. The van der Waals surface area contributed by atoms with Crippen molar-refractivity contribution in [3.05, 3.63) is 78.3 Å². The van der Waals surface area contributed by atoms with Crippen LogP contribution in [0.3, 0.4) is 0 Å². The summed E-state index contributed by atoms with van der Waals surface area (Å²) in [5, 5.41) is 37.8. The SMILES string of the molecule is CC(=O)NC[C@H]1CN(c2ccc(-c3ccc(CNCc4ncon4)cc3)c(F)c2)C(=O)O1.Cl.Cl.N#CCN=CB=O.N/C(CN=CB=O)=N\O.NCc1ncon1.NO. The zero-order chi connectivity index (χ0) is 42.3. The minimum absolute atomic E-state index is 0. The first-order chi connectivity index (χ1) is 27.6. The number of anilines is 1. The van der Waals surface area contributed by atoms with Gasteiger partial charge >= 0.3 is 98.4 Å². The molecule has 1 atom stereocenters. The van der Waals surface area contributed by atoms with Crippen molar-refractivity contribution in [1.82, 2.24) is 30.9 Å². The average Bonchev–Trinajstić information content (AvgIpc) is 4.03. The van der Waals surface area contributed by atoms with Crippen molar-refractivity contribution in [1.29, 1.82) is 5.26 Å². The maximum absolute atomic E-state index is 14.9. The molecule has 3 heterocycles. The van der Waals surface area contributed by atoms with Crippen LogP contribution in [0.15, 0.2) is 79.4 Å². The second-order valence-corrected chi connectivity index (χ2v) is 10.4. The monoisotopic (exact) mass is 864 g/mol. The molecule has 1 saturated heterocycles. The largest absolute Gasteiger partial charge is 0.343 e. The molecule has 0 spiro atoms. The van der Waals surface area contributed by atoms with Crippen molar-refractivity contribution in [2.75, 3.05) is 31.1 Å². The van der Waals surface area contributed by atoms with Gasteiger partial charge in [0.15, 0.2) is 11.6 Å². The first-order valence-electron chi connectivity index (χ1n) is 16.1. The van der Waals surface area contributed by atoms with E-state index in [9.17, 15) is 23.4 Å². The molecule has 0 bridgehead atoms. The third-order valence-electron chi connectivity index (χ3n) is 6.47. The van der Waals surface area contributed by atoms with Gasteiger partial charge in [-0.2, -0.15) is 9.97 Å². The third-order valence-corrected chi connectivity index (χ3v) is 6.47. The van der Waals surface area contributed by atoms with Crippen LogP contribution in [0.1, 0.15) is 24.1 Å². The van der Waals surface area contributed by atoms with Crippen LogP contribution in [0.4, 0.5) is 14.9 Å². The van der Waals surface area contributed by atoms with E-state index in [2.05, 4.69) is 61.0 Å². The maximum atomic E-state index is 14.9. The number of amidine groups is 1. The molecule has 0 aliphatic carbocycles. The van der Waals surface area contributed by atoms with E-state index in [4.69, 9.17) is 31.9 Å².